The van der Waals surface area contributed by atoms with Gasteiger partial charge in [-0.1, -0.05) is 32.1 Å². The van der Waals surface area contributed by atoms with Gasteiger partial charge >= 0.3 is 0 Å². The van der Waals surface area contributed by atoms with Crippen molar-refractivity contribution in [2.24, 2.45) is 5.41 Å². The number of rotatable bonds is 3. The highest BCUT2D eigenvalue weighted by Gasteiger charge is 2.27. The fourth-order valence-electron chi connectivity index (χ4n) is 2.54. The minimum Gasteiger partial charge on any atom is -0.382 e. The molecule has 120 valence electrons. The van der Waals surface area contributed by atoms with Gasteiger partial charge in [0.1, 0.15) is 10.9 Å². The molecule has 1 fully saturated rings. The van der Waals surface area contributed by atoms with Crippen LogP contribution in [0.5, 0.6) is 0 Å². The summed E-state index contributed by atoms with van der Waals surface area (Å²) >= 11 is 1.26. The third-order valence-corrected chi connectivity index (χ3v) is 4.45. The number of anilines is 2. The van der Waals surface area contributed by atoms with Gasteiger partial charge in [0.2, 0.25) is 5.91 Å². The third-order valence-electron chi connectivity index (χ3n) is 3.54. The molecule has 1 unspecified atom stereocenters. The van der Waals surface area contributed by atoms with Crippen LogP contribution in [-0.2, 0) is 4.79 Å². The van der Waals surface area contributed by atoms with Crippen molar-refractivity contribution in [2.75, 3.05) is 24.1 Å². The van der Waals surface area contributed by atoms with Crippen LogP contribution in [0.25, 0.3) is 0 Å². The van der Waals surface area contributed by atoms with Gasteiger partial charge in [-0.15, -0.1) is 0 Å². The van der Waals surface area contributed by atoms with Gasteiger partial charge in [0, 0.05) is 25.6 Å². The van der Waals surface area contributed by atoms with Crippen molar-refractivity contribution >= 4 is 28.2 Å². The number of nitrogens with two attached hydrogens (primary N) is 1. The summed E-state index contributed by atoms with van der Waals surface area (Å²) in [6.07, 6.45) is 2.52. The number of nitriles is 1. The average molecular weight is 321 g/mol. The molecule has 0 bridgehead atoms. The van der Waals surface area contributed by atoms with Gasteiger partial charge in [-0.05, 0) is 18.3 Å². The monoisotopic (exact) mass is 321 g/mol. The van der Waals surface area contributed by atoms with E-state index in [-0.39, 0.29) is 23.2 Å². The summed E-state index contributed by atoms with van der Waals surface area (Å²) in [5, 5.41) is 12.9. The molecule has 1 aliphatic rings. The molecule has 1 aliphatic heterocycles. The van der Waals surface area contributed by atoms with E-state index >= 15 is 0 Å². The highest BCUT2D eigenvalue weighted by molar-refractivity contribution is 7.16. The van der Waals surface area contributed by atoms with Gasteiger partial charge in [-0.3, -0.25) is 4.79 Å². The quantitative estimate of drug-likeness (QED) is 0.891. The summed E-state index contributed by atoms with van der Waals surface area (Å²) in [5.74, 6) is 0.474. The molecule has 0 aromatic carbocycles. The molecule has 6 nitrogen and oxygen atoms in total. The van der Waals surface area contributed by atoms with Crippen LogP contribution in [0.4, 0.5) is 10.9 Å². The number of nitrogens with one attached hydrogen (secondary N) is 1. The minimum atomic E-state index is 0.00289. The average Bonchev–Trinajstić information content (AvgIpc) is 2.77. The fraction of sp³-hybridized carbons (Fsp3) is 0.667. The number of carbonyl (C=O) groups excluding carboxylic acids is 1. The zero-order valence-electron chi connectivity index (χ0n) is 13.3. The van der Waals surface area contributed by atoms with Gasteiger partial charge < -0.3 is 16.0 Å². The van der Waals surface area contributed by atoms with Crippen molar-refractivity contribution in [1.82, 2.24) is 9.88 Å². The summed E-state index contributed by atoms with van der Waals surface area (Å²) in [5.41, 5.74) is 5.68. The molecular formula is C15H23N5OS. The number of nitrogen functional groups attached to an aromatic ring is 1. The molecule has 1 aromatic heterocycles. The van der Waals surface area contributed by atoms with E-state index in [1.54, 1.807) is 0 Å². The first-order valence-electron chi connectivity index (χ1n) is 7.49. The maximum absolute atomic E-state index is 12.3. The SMILES string of the molecule is CC(C)(C)CC(=O)N1CCCC(Nc2nc(N)c(C#N)s2)C1. The molecule has 0 saturated carbocycles. The summed E-state index contributed by atoms with van der Waals surface area (Å²) in [7, 11) is 0. The predicted octanol–water partition coefficient (Wildman–Crippen LogP) is 2.44. The maximum Gasteiger partial charge on any atom is 0.223 e. The predicted molar refractivity (Wildman–Crippen MR) is 88.5 cm³/mol. The number of carbonyl (C=O) groups is 1. The summed E-state index contributed by atoms with van der Waals surface area (Å²) in [6.45, 7) is 7.72. The van der Waals surface area contributed by atoms with Crippen molar-refractivity contribution in [3.8, 4) is 6.07 Å². The third kappa shape index (κ3) is 4.34. The van der Waals surface area contributed by atoms with E-state index in [9.17, 15) is 4.79 Å². The Hall–Kier alpha value is -1.81. The zero-order chi connectivity index (χ0) is 16.3. The summed E-state index contributed by atoms with van der Waals surface area (Å²) < 4.78 is 0. The molecule has 22 heavy (non-hydrogen) atoms. The van der Waals surface area contributed by atoms with Crippen molar-refractivity contribution in [2.45, 2.75) is 46.1 Å². The minimum absolute atomic E-state index is 0.00289. The van der Waals surface area contributed by atoms with Gasteiger partial charge in [0.25, 0.3) is 0 Å². The van der Waals surface area contributed by atoms with Crippen LogP contribution >= 0.6 is 11.3 Å². The van der Waals surface area contributed by atoms with Gasteiger partial charge in [-0.2, -0.15) is 5.26 Å². The molecule has 0 spiro atoms. The van der Waals surface area contributed by atoms with E-state index in [4.69, 9.17) is 11.0 Å². The number of nitrogens with zero attached hydrogens (tertiary/aromatic N) is 3. The number of aromatic nitrogens is 1. The van der Waals surface area contributed by atoms with Crippen LogP contribution in [0, 0.1) is 16.7 Å². The molecule has 0 radical (unpaired) electrons. The molecule has 0 aliphatic carbocycles. The Balaban J connectivity index is 1.95. The van der Waals surface area contributed by atoms with Crippen LogP contribution in [0.15, 0.2) is 0 Å². The van der Waals surface area contributed by atoms with E-state index in [1.165, 1.54) is 11.3 Å². The van der Waals surface area contributed by atoms with Crippen molar-refractivity contribution in [3.63, 3.8) is 0 Å². The van der Waals surface area contributed by atoms with Gasteiger partial charge in [-0.25, -0.2) is 4.98 Å². The first kappa shape index (κ1) is 16.6. The molecule has 1 aromatic rings. The molecule has 1 saturated heterocycles. The number of likely N-dealkylation sites (tertiary alicyclic amines) is 1. The van der Waals surface area contributed by atoms with Crippen LogP contribution < -0.4 is 11.1 Å². The van der Waals surface area contributed by atoms with Crippen molar-refractivity contribution in [1.29, 1.82) is 5.26 Å². The first-order chi connectivity index (χ1) is 10.3. The number of hydrogen-bond acceptors (Lipinski definition) is 6. The second-order valence-electron chi connectivity index (χ2n) is 6.91. The smallest absolute Gasteiger partial charge is 0.223 e. The molecule has 1 amide bonds. The van der Waals surface area contributed by atoms with Gasteiger partial charge in [0.15, 0.2) is 10.9 Å². The molecule has 1 atom stereocenters. The largest absolute Gasteiger partial charge is 0.382 e. The lowest BCUT2D eigenvalue weighted by Crippen LogP contribution is -2.45. The van der Waals surface area contributed by atoms with Crippen molar-refractivity contribution in [3.05, 3.63) is 4.88 Å². The number of hydrogen-bond donors (Lipinski definition) is 2. The van der Waals surface area contributed by atoms with Crippen LogP contribution in [-0.4, -0.2) is 34.9 Å². The molecule has 2 rings (SSSR count). The zero-order valence-corrected chi connectivity index (χ0v) is 14.2. The molecule has 2 heterocycles. The number of piperidine rings is 1. The number of amides is 1. The second kappa shape index (κ2) is 6.53. The van der Waals surface area contributed by atoms with E-state index in [1.807, 2.05) is 11.0 Å². The Labute approximate surface area is 135 Å². The lowest BCUT2D eigenvalue weighted by atomic mass is 9.91. The Kier molecular flexibility index (Phi) is 4.91. The maximum atomic E-state index is 12.3. The van der Waals surface area contributed by atoms with E-state index in [0.717, 1.165) is 19.4 Å². The van der Waals surface area contributed by atoms with Crippen LogP contribution in [0.3, 0.4) is 0 Å². The molecule has 3 N–H and O–H groups in total. The van der Waals surface area contributed by atoms with Crippen molar-refractivity contribution < 1.29 is 4.79 Å². The fourth-order valence-corrected chi connectivity index (χ4v) is 3.29. The molecule has 7 heteroatoms. The van der Waals surface area contributed by atoms with Crippen LogP contribution in [0.1, 0.15) is 44.9 Å². The van der Waals surface area contributed by atoms with E-state index in [2.05, 4.69) is 31.1 Å². The Morgan fingerprint density at radius 3 is 2.91 bits per heavy atom. The highest BCUT2D eigenvalue weighted by atomic mass is 32.1. The molecular weight excluding hydrogens is 298 g/mol. The summed E-state index contributed by atoms with van der Waals surface area (Å²) in [6, 6.07) is 2.19. The standard InChI is InChI=1S/C15H23N5OS/c1-15(2,3)7-12(21)20-6-4-5-10(9-20)18-14-19-13(17)11(8-16)22-14/h10H,4-7,9,17H2,1-3H3,(H,18,19). The van der Waals surface area contributed by atoms with E-state index in [0.29, 0.717) is 23.0 Å². The topological polar surface area (TPSA) is 95.0 Å². The lowest BCUT2D eigenvalue weighted by Gasteiger charge is -2.34. The van der Waals surface area contributed by atoms with E-state index < -0.39 is 0 Å². The Bertz CT molecular complexity index is 584. The Morgan fingerprint density at radius 2 is 2.32 bits per heavy atom. The highest BCUT2D eigenvalue weighted by Crippen LogP contribution is 2.26. The number of thiazole rings is 1. The van der Waals surface area contributed by atoms with Gasteiger partial charge in [0.05, 0.1) is 0 Å². The summed E-state index contributed by atoms with van der Waals surface area (Å²) in [4.78, 5) is 18.9. The normalized spacial score (nSPS) is 18.8. The lowest BCUT2D eigenvalue weighted by molar-refractivity contribution is -0.134. The second-order valence-corrected chi connectivity index (χ2v) is 7.90. The first-order valence-corrected chi connectivity index (χ1v) is 8.31. The van der Waals surface area contributed by atoms with Crippen LogP contribution in [0.2, 0.25) is 0 Å². The Morgan fingerprint density at radius 1 is 1.59 bits per heavy atom.